The first kappa shape index (κ1) is 11.6. The zero-order valence-corrected chi connectivity index (χ0v) is 10.2. The molecule has 2 heterocycles. The fourth-order valence-electron chi connectivity index (χ4n) is 2.15. The molecule has 1 aromatic rings. The summed E-state index contributed by atoms with van der Waals surface area (Å²) in [6, 6.07) is 2.22. The summed E-state index contributed by atoms with van der Waals surface area (Å²) in [4.78, 5) is 10.4. The maximum atomic E-state index is 5.88. The molecule has 0 aliphatic carbocycles. The Labute approximate surface area is 101 Å². The highest BCUT2D eigenvalue weighted by Crippen LogP contribution is 2.24. The van der Waals surface area contributed by atoms with E-state index in [2.05, 4.69) is 14.9 Å². The monoisotopic (exact) mass is 241 g/mol. The highest BCUT2D eigenvalue weighted by atomic mass is 35.5. The standard InChI is InChI=1S/C11H16ClN3O/c1-16-7-9-4-2-3-5-15(9)11-6-10(12)13-8-14-11/h6,8-9H,2-5,7H2,1H3/t9-/m0/s1. The molecule has 1 fully saturated rings. The lowest BCUT2D eigenvalue weighted by atomic mass is 10.0. The van der Waals surface area contributed by atoms with E-state index in [0.717, 1.165) is 25.4 Å². The van der Waals surface area contributed by atoms with Crippen molar-refractivity contribution in [3.63, 3.8) is 0 Å². The van der Waals surface area contributed by atoms with E-state index in [9.17, 15) is 0 Å². The lowest BCUT2D eigenvalue weighted by Crippen LogP contribution is -2.42. The number of ether oxygens (including phenoxy) is 1. The van der Waals surface area contributed by atoms with E-state index < -0.39 is 0 Å². The second-order valence-corrected chi connectivity index (χ2v) is 4.38. The molecule has 1 saturated heterocycles. The second kappa shape index (κ2) is 5.46. The Hall–Kier alpha value is -0.870. The number of hydrogen-bond acceptors (Lipinski definition) is 4. The SMILES string of the molecule is COC[C@@H]1CCCCN1c1cc(Cl)ncn1. The number of anilines is 1. The first-order valence-electron chi connectivity index (χ1n) is 5.54. The van der Waals surface area contributed by atoms with Gasteiger partial charge in [-0.05, 0) is 19.3 Å². The number of halogens is 1. The Morgan fingerprint density at radius 2 is 2.38 bits per heavy atom. The molecule has 88 valence electrons. The molecule has 5 heteroatoms. The first-order valence-corrected chi connectivity index (χ1v) is 5.92. The van der Waals surface area contributed by atoms with Crippen LogP contribution in [0.2, 0.25) is 5.15 Å². The normalized spacial score (nSPS) is 21.1. The van der Waals surface area contributed by atoms with Crippen LogP contribution < -0.4 is 4.90 Å². The maximum absolute atomic E-state index is 5.88. The molecule has 0 amide bonds. The van der Waals surface area contributed by atoms with Crippen molar-refractivity contribution < 1.29 is 4.74 Å². The fraction of sp³-hybridized carbons (Fsp3) is 0.636. The van der Waals surface area contributed by atoms with Gasteiger partial charge in [0.25, 0.3) is 0 Å². The van der Waals surface area contributed by atoms with Gasteiger partial charge in [0, 0.05) is 19.7 Å². The summed E-state index contributed by atoms with van der Waals surface area (Å²) in [6.45, 7) is 1.75. The van der Waals surface area contributed by atoms with Gasteiger partial charge in [-0.3, -0.25) is 0 Å². The predicted octanol–water partition coefficient (Wildman–Crippen LogP) is 2.14. The third-order valence-electron chi connectivity index (χ3n) is 2.90. The van der Waals surface area contributed by atoms with Crippen molar-refractivity contribution in [3.8, 4) is 0 Å². The molecule has 0 radical (unpaired) electrons. The number of methoxy groups -OCH3 is 1. The van der Waals surface area contributed by atoms with E-state index in [-0.39, 0.29) is 0 Å². The van der Waals surface area contributed by atoms with E-state index in [1.165, 1.54) is 19.2 Å². The van der Waals surface area contributed by atoms with Crippen LogP contribution in [0.3, 0.4) is 0 Å². The van der Waals surface area contributed by atoms with Crippen LogP contribution in [0.15, 0.2) is 12.4 Å². The third kappa shape index (κ3) is 2.62. The van der Waals surface area contributed by atoms with Crippen molar-refractivity contribution in [1.29, 1.82) is 0 Å². The van der Waals surface area contributed by atoms with Gasteiger partial charge < -0.3 is 9.64 Å². The fourth-order valence-corrected chi connectivity index (χ4v) is 2.29. The number of rotatable bonds is 3. The van der Waals surface area contributed by atoms with Gasteiger partial charge in [0.1, 0.15) is 17.3 Å². The highest BCUT2D eigenvalue weighted by Gasteiger charge is 2.23. The first-order chi connectivity index (χ1) is 7.81. The Kier molecular flexibility index (Phi) is 3.96. The number of piperidine rings is 1. The Morgan fingerprint density at radius 1 is 1.50 bits per heavy atom. The molecule has 0 spiro atoms. The summed E-state index contributed by atoms with van der Waals surface area (Å²) in [5.74, 6) is 0.904. The summed E-state index contributed by atoms with van der Waals surface area (Å²) >= 11 is 5.88. The largest absolute Gasteiger partial charge is 0.383 e. The van der Waals surface area contributed by atoms with E-state index in [1.807, 2.05) is 6.07 Å². The van der Waals surface area contributed by atoms with E-state index in [4.69, 9.17) is 16.3 Å². The van der Waals surface area contributed by atoms with Crippen LogP contribution in [-0.4, -0.2) is 36.3 Å². The van der Waals surface area contributed by atoms with Gasteiger partial charge in [-0.2, -0.15) is 0 Å². The van der Waals surface area contributed by atoms with E-state index >= 15 is 0 Å². The van der Waals surface area contributed by atoms with Crippen LogP contribution in [0, 0.1) is 0 Å². The van der Waals surface area contributed by atoms with Crippen LogP contribution >= 0.6 is 11.6 Å². The average molecular weight is 242 g/mol. The average Bonchev–Trinajstić information content (AvgIpc) is 2.30. The summed E-state index contributed by atoms with van der Waals surface area (Å²) in [6.07, 6.45) is 5.11. The van der Waals surface area contributed by atoms with Crippen molar-refractivity contribution in [3.05, 3.63) is 17.5 Å². The molecule has 1 aromatic heterocycles. The molecule has 1 atom stereocenters. The van der Waals surface area contributed by atoms with Gasteiger partial charge in [0.15, 0.2) is 0 Å². The maximum Gasteiger partial charge on any atom is 0.134 e. The van der Waals surface area contributed by atoms with E-state index in [1.54, 1.807) is 7.11 Å². The molecule has 4 nitrogen and oxygen atoms in total. The van der Waals surface area contributed by atoms with Crippen molar-refractivity contribution in [1.82, 2.24) is 9.97 Å². The molecule has 0 aromatic carbocycles. The smallest absolute Gasteiger partial charge is 0.134 e. The molecule has 0 N–H and O–H groups in total. The predicted molar refractivity (Wildman–Crippen MR) is 63.9 cm³/mol. The molecule has 16 heavy (non-hydrogen) atoms. The minimum atomic E-state index is 0.407. The van der Waals surface area contributed by atoms with E-state index in [0.29, 0.717) is 11.2 Å². The number of aromatic nitrogens is 2. The van der Waals surface area contributed by atoms with Crippen molar-refractivity contribution in [2.45, 2.75) is 25.3 Å². The van der Waals surface area contributed by atoms with Gasteiger partial charge in [0.2, 0.25) is 0 Å². The number of nitrogens with zero attached hydrogens (tertiary/aromatic N) is 3. The molecule has 1 aliphatic heterocycles. The molecule has 2 rings (SSSR count). The molecular weight excluding hydrogens is 226 g/mol. The lowest BCUT2D eigenvalue weighted by Gasteiger charge is -2.36. The summed E-state index contributed by atoms with van der Waals surface area (Å²) in [5, 5.41) is 0.492. The van der Waals surface area contributed by atoms with Crippen molar-refractivity contribution in [2.24, 2.45) is 0 Å². The van der Waals surface area contributed by atoms with Gasteiger partial charge >= 0.3 is 0 Å². The zero-order valence-electron chi connectivity index (χ0n) is 9.40. The van der Waals surface area contributed by atoms with Crippen LogP contribution in [-0.2, 0) is 4.74 Å². The number of hydrogen-bond donors (Lipinski definition) is 0. The molecule has 0 unspecified atom stereocenters. The quantitative estimate of drug-likeness (QED) is 0.760. The minimum absolute atomic E-state index is 0.407. The van der Waals surface area contributed by atoms with Crippen LogP contribution in [0.25, 0.3) is 0 Å². The van der Waals surface area contributed by atoms with Crippen LogP contribution in [0.1, 0.15) is 19.3 Å². The zero-order chi connectivity index (χ0) is 11.4. The lowest BCUT2D eigenvalue weighted by molar-refractivity contribution is 0.166. The molecule has 1 aliphatic rings. The van der Waals surface area contributed by atoms with Crippen LogP contribution in [0.5, 0.6) is 0 Å². The molecular formula is C11H16ClN3O. The third-order valence-corrected chi connectivity index (χ3v) is 3.11. The van der Waals surface area contributed by atoms with Crippen LogP contribution in [0.4, 0.5) is 5.82 Å². The van der Waals surface area contributed by atoms with Gasteiger partial charge in [-0.15, -0.1) is 0 Å². The summed E-state index contributed by atoms with van der Waals surface area (Å²) in [5.41, 5.74) is 0. The topological polar surface area (TPSA) is 38.2 Å². The highest BCUT2D eigenvalue weighted by molar-refractivity contribution is 6.29. The van der Waals surface area contributed by atoms with Crippen molar-refractivity contribution >= 4 is 17.4 Å². The Balaban J connectivity index is 2.16. The summed E-state index contributed by atoms with van der Waals surface area (Å²) < 4.78 is 5.25. The van der Waals surface area contributed by atoms with Gasteiger partial charge in [0.05, 0.1) is 12.6 Å². The Bertz CT molecular complexity index is 346. The summed E-state index contributed by atoms with van der Waals surface area (Å²) in [7, 11) is 1.74. The molecule has 0 bridgehead atoms. The second-order valence-electron chi connectivity index (χ2n) is 4.00. The van der Waals surface area contributed by atoms with Gasteiger partial charge in [-0.1, -0.05) is 11.6 Å². The van der Waals surface area contributed by atoms with Gasteiger partial charge in [-0.25, -0.2) is 9.97 Å². The molecule has 0 saturated carbocycles. The Morgan fingerprint density at radius 3 is 3.12 bits per heavy atom. The van der Waals surface area contributed by atoms with Crippen molar-refractivity contribution in [2.75, 3.05) is 25.2 Å². The minimum Gasteiger partial charge on any atom is -0.383 e.